The summed E-state index contributed by atoms with van der Waals surface area (Å²) < 4.78 is 0. The molecule has 1 aliphatic carbocycles. The van der Waals surface area contributed by atoms with Gasteiger partial charge < -0.3 is 5.32 Å². The van der Waals surface area contributed by atoms with Crippen molar-refractivity contribution >= 4 is 5.91 Å². The number of hydrogen-bond donors (Lipinski definition) is 1. The van der Waals surface area contributed by atoms with Crippen LogP contribution in [-0.4, -0.2) is 13.0 Å². The average molecular weight is 141 g/mol. The second-order valence-electron chi connectivity index (χ2n) is 3.20. The van der Waals surface area contributed by atoms with E-state index in [0.717, 1.165) is 12.8 Å². The summed E-state index contributed by atoms with van der Waals surface area (Å²) in [6, 6.07) is 0. The van der Waals surface area contributed by atoms with E-state index in [-0.39, 0.29) is 5.91 Å². The Balaban J connectivity index is 2.30. The van der Waals surface area contributed by atoms with Crippen molar-refractivity contribution in [3.8, 4) is 0 Å². The molecule has 2 heteroatoms. The first-order chi connectivity index (χ1) is 4.72. The number of rotatable bonds is 3. The van der Waals surface area contributed by atoms with Gasteiger partial charge in [-0.15, -0.1) is 0 Å². The highest BCUT2D eigenvalue weighted by Gasteiger charge is 2.41. The molecule has 1 amide bonds. The minimum absolute atomic E-state index is 0.194. The Hall–Kier alpha value is -0.530. The minimum atomic E-state index is 0.194. The largest absolute Gasteiger partial charge is 0.359 e. The van der Waals surface area contributed by atoms with Crippen molar-refractivity contribution in [2.24, 2.45) is 5.41 Å². The Morgan fingerprint density at radius 3 is 2.50 bits per heavy atom. The zero-order chi connectivity index (χ0) is 7.61. The molecule has 1 saturated carbocycles. The SMILES string of the molecule is CCC1(CC(=O)NC)CC1. The summed E-state index contributed by atoms with van der Waals surface area (Å²) in [6.45, 7) is 2.16. The average Bonchev–Trinajstić information content (AvgIpc) is 2.70. The van der Waals surface area contributed by atoms with Gasteiger partial charge in [0.2, 0.25) is 5.91 Å². The predicted molar refractivity (Wildman–Crippen MR) is 40.6 cm³/mol. The summed E-state index contributed by atoms with van der Waals surface area (Å²) in [4.78, 5) is 10.9. The van der Waals surface area contributed by atoms with Crippen molar-refractivity contribution in [1.29, 1.82) is 0 Å². The zero-order valence-corrected chi connectivity index (χ0v) is 6.74. The van der Waals surface area contributed by atoms with Gasteiger partial charge in [-0.1, -0.05) is 6.92 Å². The van der Waals surface area contributed by atoms with Crippen LogP contribution in [0, 0.1) is 5.41 Å². The van der Waals surface area contributed by atoms with Crippen molar-refractivity contribution in [1.82, 2.24) is 5.32 Å². The highest BCUT2D eigenvalue weighted by atomic mass is 16.1. The highest BCUT2D eigenvalue weighted by Crippen LogP contribution is 2.51. The van der Waals surface area contributed by atoms with E-state index in [4.69, 9.17) is 0 Å². The molecule has 1 N–H and O–H groups in total. The number of amides is 1. The standard InChI is InChI=1S/C8H15NO/c1-3-8(4-5-8)6-7(10)9-2/h3-6H2,1-2H3,(H,9,10). The van der Waals surface area contributed by atoms with E-state index in [0.29, 0.717) is 5.41 Å². The molecule has 10 heavy (non-hydrogen) atoms. The van der Waals surface area contributed by atoms with Crippen molar-refractivity contribution in [3.63, 3.8) is 0 Å². The number of carbonyl (C=O) groups is 1. The summed E-state index contributed by atoms with van der Waals surface area (Å²) in [6.07, 6.45) is 4.38. The third-order valence-electron chi connectivity index (χ3n) is 2.52. The van der Waals surface area contributed by atoms with E-state index in [1.807, 2.05) is 0 Å². The third-order valence-corrected chi connectivity index (χ3v) is 2.52. The Morgan fingerprint density at radius 1 is 1.60 bits per heavy atom. The van der Waals surface area contributed by atoms with Crippen LogP contribution >= 0.6 is 0 Å². The van der Waals surface area contributed by atoms with Crippen LogP contribution in [0.15, 0.2) is 0 Å². The smallest absolute Gasteiger partial charge is 0.220 e. The van der Waals surface area contributed by atoms with Crippen molar-refractivity contribution in [3.05, 3.63) is 0 Å². The Morgan fingerprint density at radius 2 is 2.20 bits per heavy atom. The van der Waals surface area contributed by atoms with Gasteiger partial charge in [-0.3, -0.25) is 4.79 Å². The molecule has 0 unspecified atom stereocenters. The molecular formula is C8H15NO. The summed E-state index contributed by atoms with van der Waals surface area (Å²) in [7, 11) is 1.70. The molecule has 0 aromatic heterocycles. The normalized spacial score (nSPS) is 20.2. The van der Waals surface area contributed by atoms with E-state index < -0.39 is 0 Å². The lowest BCUT2D eigenvalue weighted by molar-refractivity contribution is -0.121. The fourth-order valence-electron chi connectivity index (χ4n) is 1.26. The van der Waals surface area contributed by atoms with Crippen LogP contribution in [0.5, 0.6) is 0 Å². The molecule has 0 aromatic rings. The predicted octanol–water partition coefficient (Wildman–Crippen LogP) is 1.31. The maximum Gasteiger partial charge on any atom is 0.220 e. The lowest BCUT2D eigenvalue weighted by Crippen LogP contribution is -2.21. The molecule has 0 radical (unpaired) electrons. The van der Waals surface area contributed by atoms with E-state index in [9.17, 15) is 4.79 Å². The first-order valence-electron chi connectivity index (χ1n) is 3.93. The van der Waals surface area contributed by atoms with Gasteiger partial charge in [0.25, 0.3) is 0 Å². The zero-order valence-electron chi connectivity index (χ0n) is 6.74. The third kappa shape index (κ3) is 1.49. The minimum Gasteiger partial charge on any atom is -0.359 e. The summed E-state index contributed by atoms with van der Waals surface area (Å²) >= 11 is 0. The second-order valence-corrected chi connectivity index (χ2v) is 3.20. The van der Waals surface area contributed by atoms with Crippen molar-refractivity contribution in [2.75, 3.05) is 7.05 Å². The summed E-state index contributed by atoms with van der Waals surface area (Å²) in [5.41, 5.74) is 0.403. The van der Waals surface area contributed by atoms with Gasteiger partial charge >= 0.3 is 0 Å². The summed E-state index contributed by atoms with van der Waals surface area (Å²) in [5, 5.41) is 2.66. The quantitative estimate of drug-likeness (QED) is 0.631. The molecule has 0 heterocycles. The van der Waals surface area contributed by atoms with Crippen LogP contribution in [0.2, 0.25) is 0 Å². The molecule has 0 spiro atoms. The maximum atomic E-state index is 10.9. The van der Waals surface area contributed by atoms with Gasteiger partial charge in [-0.05, 0) is 24.7 Å². The van der Waals surface area contributed by atoms with Crippen molar-refractivity contribution in [2.45, 2.75) is 32.6 Å². The van der Waals surface area contributed by atoms with E-state index in [1.165, 1.54) is 12.8 Å². The van der Waals surface area contributed by atoms with Crippen LogP contribution in [0.4, 0.5) is 0 Å². The van der Waals surface area contributed by atoms with E-state index >= 15 is 0 Å². The first-order valence-corrected chi connectivity index (χ1v) is 3.93. The Bertz CT molecular complexity index is 138. The Labute approximate surface area is 62.0 Å². The maximum absolute atomic E-state index is 10.9. The van der Waals surface area contributed by atoms with E-state index in [2.05, 4.69) is 12.2 Å². The molecule has 0 aliphatic heterocycles. The van der Waals surface area contributed by atoms with Crippen molar-refractivity contribution < 1.29 is 4.79 Å². The topological polar surface area (TPSA) is 29.1 Å². The van der Waals surface area contributed by atoms with Gasteiger partial charge in [0, 0.05) is 13.5 Å². The number of carbonyl (C=O) groups excluding carboxylic acids is 1. The van der Waals surface area contributed by atoms with Gasteiger partial charge in [0.15, 0.2) is 0 Å². The molecule has 2 nitrogen and oxygen atoms in total. The number of hydrogen-bond acceptors (Lipinski definition) is 1. The van der Waals surface area contributed by atoms with Crippen LogP contribution < -0.4 is 5.32 Å². The molecule has 0 aromatic carbocycles. The first kappa shape index (κ1) is 7.58. The van der Waals surface area contributed by atoms with Crippen LogP contribution in [-0.2, 0) is 4.79 Å². The van der Waals surface area contributed by atoms with Gasteiger partial charge in [0.05, 0.1) is 0 Å². The molecule has 0 atom stereocenters. The Kier molecular flexibility index (Phi) is 1.97. The highest BCUT2D eigenvalue weighted by molar-refractivity contribution is 5.76. The molecule has 1 rings (SSSR count). The molecule has 1 fully saturated rings. The van der Waals surface area contributed by atoms with Crippen LogP contribution in [0.25, 0.3) is 0 Å². The van der Waals surface area contributed by atoms with Crippen LogP contribution in [0.3, 0.4) is 0 Å². The monoisotopic (exact) mass is 141 g/mol. The van der Waals surface area contributed by atoms with Gasteiger partial charge in [0.1, 0.15) is 0 Å². The lowest BCUT2D eigenvalue weighted by Gasteiger charge is -2.09. The number of nitrogens with one attached hydrogen (secondary N) is 1. The van der Waals surface area contributed by atoms with Gasteiger partial charge in [-0.25, -0.2) is 0 Å². The van der Waals surface area contributed by atoms with Crippen LogP contribution in [0.1, 0.15) is 32.6 Å². The summed E-state index contributed by atoms with van der Waals surface area (Å²) in [5.74, 6) is 0.194. The molecule has 0 saturated heterocycles. The molecule has 1 aliphatic rings. The molecule has 58 valence electrons. The fourth-order valence-corrected chi connectivity index (χ4v) is 1.26. The van der Waals surface area contributed by atoms with E-state index in [1.54, 1.807) is 7.05 Å². The molecule has 0 bridgehead atoms. The van der Waals surface area contributed by atoms with Gasteiger partial charge in [-0.2, -0.15) is 0 Å². The second kappa shape index (κ2) is 2.60. The lowest BCUT2D eigenvalue weighted by atomic mass is 9.99. The fraction of sp³-hybridized carbons (Fsp3) is 0.875. The molecular weight excluding hydrogens is 126 g/mol.